The van der Waals surface area contributed by atoms with E-state index in [0.717, 1.165) is 32.2 Å². The largest absolute Gasteiger partial charge is 0.345 e. The molecule has 1 heterocycles. The predicted molar refractivity (Wildman–Crippen MR) is 81.5 cm³/mol. The minimum absolute atomic E-state index is 0.213. The Morgan fingerprint density at radius 3 is 2.85 bits per heavy atom. The van der Waals surface area contributed by atoms with Gasteiger partial charge in [-0.15, -0.1) is 0 Å². The molecule has 1 amide bonds. The molecule has 1 aliphatic rings. The molecule has 1 aliphatic carbocycles. The first-order chi connectivity index (χ1) is 9.65. The maximum absolute atomic E-state index is 12.1. The van der Waals surface area contributed by atoms with Crippen LogP contribution in [0.1, 0.15) is 51.1 Å². The Balaban J connectivity index is 1.94. The SMILES string of the molecule is CCCC(NCC)c1ccn(CC(=O)N(C)C2CC2)c1. The molecule has 1 saturated carbocycles. The van der Waals surface area contributed by atoms with Crippen molar-refractivity contribution in [3.05, 3.63) is 24.0 Å². The molecule has 1 unspecified atom stereocenters. The first-order valence-electron chi connectivity index (χ1n) is 7.80. The van der Waals surface area contributed by atoms with Crippen molar-refractivity contribution < 1.29 is 4.79 Å². The van der Waals surface area contributed by atoms with Crippen molar-refractivity contribution in [3.8, 4) is 0 Å². The summed E-state index contributed by atoms with van der Waals surface area (Å²) in [4.78, 5) is 14.0. The molecule has 0 radical (unpaired) electrons. The summed E-state index contributed by atoms with van der Waals surface area (Å²) in [5.41, 5.74) is 1.29. The lowest BCUT2D eigenvalue weighted by Crippen LogP contribution is -2.31. The van der Waals surface area contributed by atoms with Crippen molar-refractivity contribution in [1.29, 1.82) is 0 Å². The second kappa shape index (κ2) is 6.93. The molecule has 1 aromatic heterocycles. The average Bonchev–Trinajstić information content (AvgIpc) is 3.18. The summed E-state index contributed by atoms with van der Waals surface area (Å²) in [5, 5.41) is 3.51. The molecule has 1 N–H and O–H groups in total. The lowest BCUT2D eigenvalue weighted by molar-refractivity contribution is -0.131. The van der Waals surface area contributed by atoms with Gasteiger partial charge < -0.3 is 14.8 Å². The molecule has 4 heteroatoms. The van der Waals surface area contributed by atoms with Crippen molar-refractivity contribution >= 4 is 5.91 Å². The van der Waals surface area contributed by atoms with Gasteiger partial charge in [0.15, 0.2) is 0 Å². The van der Waals surface area contributed by atoms with Crippen LogP contribution in [0.3, 0.4) is 0 Å². The molecule has 1 atom stereocenters. The average molecular weight is 277 g/mol. The third-order valence-electron chi connectivity index (χ3n) is 4.01. The highest BCUT2D eigenvalue weighted by atomic mass is 16.2. The van der Waals surface area contributed by atoms with E-state index in [2.05, 4.69) is 31.4 Å². The van der Waals surface area contributed by atoms with Crippen molar-refractivity contribution in [1.82, 2.24) is 14.8 Å². The van der Waals surface area contributed by atoms with Gasteiger partial charge in [0, 0.05) is 31.5 Å². The first-order valence-corrected chi connectivity index (χ1v) is 7.80. The topological polar surface area (TPSA) is 37.3 Å². The molecule has 4 nitrogen and oxygen atoms in total. The zero-order valence-electron chi connectivity index (χ0n) is 12.9. The molecule has 1 aromatic rings. The van der Waals surface area contributed by atoms with Crippen LogP contribution in [-0.4, -0.2) is 35.0 Å². The number of hydrogen-bond acceptors (Lipinski definition) is 2. The molecular formula is C16H27N3O. The van der Waals surface area contributed by atoms with Crippen molar-refractivity contribution in [2.75, 3.05) is 13.6 Å². The zero-order chi connectivity index (χ0) is 14.5. The van der Waals surface area contributed by atoms with Crippen molar-refractivity contribution in [2.45, 2.75) is 58.2 Å². The van der Waals surface area contributed by atoms with Crippen LogP contribution in [0.25, 0.3) is 0 Å². The summed E-state index contributed by atoms with van der Waals surface area (Å²) in [7, 11) is 1.92. The van der Waals surface area contributed by atoms with Gasteiger partial charge in [0.25, 0.3) is 0 Å². The minimum Gasteiger partial charge on any atom is -0.345 e. The number of rotatable bonds is 8. The molecule has 112 valence electrons. The van der Waals surface area contributed by atoms with Gasteiger partial charge in [-0.2, -0.15) is 0 Å². The lowest BCUT2D eigenvalue weighted by Gasteiger charge is -2.17. The number of amides is 1. The lowest BCUT2D eigenvalue weighted by atomic mass is 10.1. The summed E-state index contributed by atoms with van der Waals surface area (Å²) < 4.78 is 2.01. The molecule has 0 bridgehead atoms. The van der Waals surface area contributed by atoms with Crippen LogP contribution in [-0.2, 0) is 11.3 Å². The third-order valence-corrected chi connectivity index (χ3v) is 4.01. The molecule has 1 fully saturated rings. The second-order valence-corrected chi connectivity index (χ2v) is 5.75. The van der Waals surface area contributed by atoms with Gasteiger partial charge in [0.1, 0.15) is 6.54 Å². The molecular weight excluding hydrogens is 250 g/mol. The number of aromatic nitrogens is 1. The fraction of sp³-hybridized carbons (Fsp3) is 0.688. The number of nitrogens with one attached hydrogen (secondary N) is 1. The first kappa shape index (κ1) is 15.1. The Bertz CT molecular complexity index is 431. The second-order valence-electron chi connectivity index (χ2n) is 5.75. The highest BCUT2D eigenvalue weighted by Crippen LogP contribution is 2.25. The summed E-state index contributed by atoms with van der Waals surface area (Å²) >= 11 is 0. The number of nitrogens with zero attached hydrogens (tertiary/aromatic N) is 2. The highest BCUT2D eigenvalue weighted by molar-refractivity contribution is 5.76. The van der Waals surface area contributed by atoms with Crippen LogP contribution < -0.4 is 5.32 Å². The maximum atomic E-state index is 12.1. The zero-order valence-corrected chi connectivity index (χ0v) is 12.9. The maximum Gasteiger partial charge on any atom is 0.242 e. The molecule has 2 rings (SSSR count). The van der Waals surface area contributed by atoms with Crippen LogP contribution in [0, 0.1) is 0 Å². The Morgan fingerprint density at radius 2 is 2.25 bits per heavy atom. The fourth-order valence-corrected chi connectivity index (χ4v) is 2.62. The normalized spacial score (nSPS) is 16.1. The van der Waals surface area contributed by atoms with Crippen LogP contribution in [0.2, 0.25) is 0 Å². The highest BCUT2D eigenvalue weighted by Gasteiger charge is 2.29. The Labute approximate surface area is 122 Å². The monoisotopic (exact) mass is 277 g/mol. The Kier molecular flexibility index (Phi) is 5.24. The van der Waals surface area contributed by atoms with E-state index in [4.69, 9.17) is 0 Å². The molecule has 20 heavy (non-hydrogen) atoms. The number of carbonyl (C=O) groups excluding carboxylic acids is 1. The quantitative estimate of drug-likeness (QED) is 0.793. The molecule has 0 saturated heterocycles. The van der Waals surface area contributed by atoms with Crippen LogP contribution in [0.4, 0.5) is 0 Å². The van der Waals surface area contributed by atoms with Gasteiger partial charge >= 0.3 is 0 Å². The van der Waals surface area contributed by atoms with Gasteiger partial charge in [-0.05, 0) is 37.4 Å². The van der Waals surface area contributed by atoms with Crippen LogP contribution >= 0.6 is 0 Å². The van der Waals surface area contributed by atoms with E-state index in [1.807, 2.05) is 22.7 Å². The van der Waals surface area contributed by atoms with E-state index in [9.17, 15) is 4.79 Å². The van der Waals surface area contributed by atoms with Gasteiger partial charge in [0.2, 0.25) is 5.91 Å². The van der Waals surface area contributed by atoms with E-state index in [0.29, 0.717) is 18.6 Å². The standard InChI is InChI=1S/C16H27N3O/c1-4-6-15(17-5-2)13-9-10-19(11-13)12-16(20)18(3)14-7-8-14/h9-11,14-15,17H,4-8,12H2,1-3H3. The summed E-state index contributed by atoms with van der Waals surface area (Å²) in [6, 6.07) is 3.03. The van der Waals surface area contributed by atoms with Crippen molar-refractivity contribution in [3.63, 3.8) is 0 Å². The van der Waals surface area contributed by atoms with Gasteiger partial charge in [-0.3, -0.25) is 4.79 Å². The van der Waals surface area contributed by atoms with E-state index < -0.39 is 0 Å². The minimum atomic E-state index is 0.213. The predicted octanol–water partition coefficient (Wildman–Crippen LogP) is 2.56. The summed E-state index contributed by atoms with van der Waals surface area (Å²) in [6.45, 7) is 5.76. The Morgan fingerprint density at radius 1 is 1.50 bits per heavy atom. The van der Waals surface area contributed by atoms with Crippen LogP contribution in [0.5, 0.6) is 0 Å². The van der Waals surface area contributed by atoms with Gasteiger partial charge in [-0.1, -0.05) is 20.3 Å². The third kappa shape index (κ3) is 3.85. The Hall–Kier alpha value is -1.29. The van der Waals surface area contributed by atoms with Gasteiger partial charge in [-0.25, -0.2) is 0 Å². The summed E-state index contributed by atoms with van der Waals surface area (Å²) in [5.74, 6) is 0.213. The van der Waals surface area contributed by atoms with Crippen molar-refractivity contribution in [2.24, 2.45) is 0 Å². The molecule has 0 aromatic carbocycles. The van der Waals surface area contributed by atoms with Crippen LogP contribution in [0.15, 0.2) is 18.5 Å². The molecule has 0 spiro atoms. The van der Waals surface area contributed by atoms with E-state index in [-0.39, 0.29) is 5.91 Å². The number of hydrogen-bond donors (Lipinski definition) is 1. The fourth-order valence-electron chi connectivity index (χ4n) is 2.62. The summed E-state index contributed by atoms with van der Waals surface area (Å²) in [6.07, 6.45) is 8.76. The number of likely N-dealkylation sites (N-methyl/N-ethyl adjacent to an activating group) is 1. The number of carbonyl (C=O) groups is 1. The van der Waals surface area contributed by atoms with E-state index >= 15 is 0 Å². The van der Waals surface area contributed by atoms with E-state index in [1.165, 1.54) is 5.56 Å². The van der Waals surface area contributed by atoms with E-state index in [1.54, 1.807) is 0 Å². The smallest absolute Gasteiger partial charge is 0.242 e. The van der Waals surface area contributed by atoms with Gasteiger partial charge in [0.05, 0.1) is 0 Å². The molecule has 0 aliphatic heterocycles.